The average molecular weight is 341 g/mol. The molecule has 2 nitrogen and oxygen atoms in total. The van der Waals surface area contributed by atoms with Gasteiger partial charge in [-0.1, -0.05) is 18.2 Å². The molecule has 1 fully saturated rings. The van der Waals surface area contributed by atoms with E-state index in [0.29, 0.717) is 24.9 Å². The van der Waals surface area contributed by atoms with E-state index in [9.17, 15) is 26.3 Å². The molecule has 1 N–H and O–H groups in total. The largest absolute Gasteiger partial charge is 0.416 e. The zero-order chi connectivity index (χ0) is 17.3. The summed E-state index contributed by atoms with van der Waals surface area (Å²) in [5.74, 6) is -0.272. The lowest BCUT2D eigenvalue weighted by atomic mass is 9.89. The summed E-state index contributed by atoms with van der Waals surface area (Å²) >= 11 is 0. The predicted octanol–water partition coefficient (Wildman–Crippen LogP) is 3.81. The number of alkyl halides is 6. The maximum absolute atomic E-state index is 12.7. The van der Waals surface area contributed by atoms with Gasteiger partial charge in [-0.3, -0.25) is 4.90 Å². The van der Waals surface area contributed by atoms with Crippen LogP contribution in [-0.2, 0) is 6.18 Å². The van der Waals surface area contributed by atoms with Crippen LogP contribution in [0.5, 0.6) is 0 Å². The third-order valence-corrected chi connectivity index (χ3v) is 4.00. The Morgan fingerprint density at radius 3 is 2.48 bits per heavy atom. The van der Waals surface area contributed by atoms with Crippen molar-refractivity contribution in [3.05, 3.63) is 35.4 Å². The van der Waals surface area contributed by atoms with Crippen molar-refractivity contribution in [1.29, 1.82) is 0 Å². The number of rotatable bonds is 3. The third kappa shape index (κ3) is 4.84. The maximum Gasteiger partial charge on any atom is 0.416 e. The Balaban J connectivity index is 2.07. The third-order valence-electron chi connectivity index (χ3n) is 4.00. The van der Waals surface area contributed by atoms with E-state index in [1.165, 1.54) is 11.0 Å². The molecule has 0 amide bonds. The second-order valence-corrected chi connectivity index (χ2v) is 5.78. The Bertz CT molecular complexity index is 527. The summed E-state index contributed by atoms with van der Waals surface area (Å²) in [7, 11) is 0. The van der Waals surface area contributed by atoms with Gasteiger partial charge in [0.25, 0.3) is 0 Å². The Kier molecular flexibility index (Phi) is 5.25. The highest BCUT2D eigenvalue weighted by molar-refractivity contribution is 5.28. The van der Waals surface area contributed by atoms with Gasteiger partial charge in [-0.2, -0.15) is 26.3 Å². The summed E-state index contributed by atoms with van der Waals surface area (Å²) in [6, 6.07) is 4.89. The molecule has 8 heteroatoms. The normalized spacial score (nSPS) is 22.1. The van der Waals surface area contributed by atoms with Crippen LogP contribution < -0.4 is 0 Å². The zero-order valence-electron chi connectivity index (χ0n) is 12.2. The molecule has 1 aromatic carbocycles. The molecule has 2 rings (SSSR count). The first kappa shape index (κ1) is 18.1. The number of β-amino-alcohol motifs (C(OH)–C–C–N with tert-alkyl or cyclic N) is 1. The lowest BCUT2D eigenvalue weighted by molar-refractivity contribution is -0.208. The van der Waals surface area contributed by atoms with Crippen LogP contribution in [-0.4, -0.2) is 41.9 Å². The second-order valence-electron chi connectivity index (χ2n) is 5.78. The van der Waals surface area contributed by atoms with E-state index in [4.69, 9.17) is 5.11 Å². The van der Waals surface area contributed by atoms with Gasteiger partial charge in [0.2, 0.25) is 0 Å². The van der Waals surface area contributed by atoms with Crippen molar-refractivity contribution in [1.82, 2.24) is 4.90 Å². The van der Waals surface area contributed by atoms with E-state index in [1.807, 2.05) is 0 Å². The minimum absolute atomic E-state index is 0.203. The summed E-state index contributed by atoms with van der Waals surface area (Å²) in [5.41, 5.74) is -0.298. The number of nitrogens with zero attached hydrogens (tertiary/aromatic N) is 1. The number of hydrogen-bond acceptors (Lipinski definition) is 2. The van der Waals surface area contributed by atoms with Crippen molar-refractivity contribution in [2.24, 2.45) is 0 Å². The van der Waals surface area contributed by atoms with Crippen LogP contribution >= 0.6 is 0 Å². The second kappa shape index (κ2) is 6.68. The van der Waals surface area contributed by atoms with Gasteiger partial charge in [0.15, 0.2) is 6.10 Å². The van der Waals surface area contributed by atoms with E-state index in [1.54, 1.807) is 6.07 Å². The molecule has 0 bridgehead atoms. The first-order chi connectivity index (χ1) is 10.6. The van der Waals surface area contributed by atoms with Crippen LogP contribution in [0.4, 0.5) is 26.3 Å². The van der Waals surface area contributed by atoms with Gasteiger partial charge < -0.3 is 5.11 Å². The molecule has 0 aliphatic carbocycles. The van der Waals surface area contributed by atoms with Crippen LogP contribution in [0.25, 0.3) is 0 Å². The van der Waals surface area contributed by atoms with E-state index in [0.717, 1.165) is 12.1 Å². The van der Waals surface area contributed by atoms with Gasteiger partial charge in [0.05, 0.1) is 5.56 Å². The monoisotopic (exact) mass is 341 g/mol. The van der Waals surface area contributed by atoms with Crippen molar-refractivity contribution < 1.29 is 31.4 Å². The molecule has 1 unspecified atom stereocenters. The highest BCUT2D eigenvalue weighted by Crippen LogP contribution is 2.34. The fraction of sp³-hybridized carbons (Fsp3) is 0.600. The summed E-state index contributed by atoms with van der Waals surface area (Å²) < 4.78 is 75.5. The molecule has 1 aliphatic heterocycles. The standard InChI is InChI=1S/C15H17F6NO/c16-14(17,18)12-5-1-3-10(7-12)11-4-2-6-22(8-11)9-13(23)15(19,20)21/h1,3,5,7,11,13,23H,2,4,6,8-9H2/t11?,13-/m0/s1. The van der Waals surface area contributed by atoms with Crippen LogP contribution in [0.15, 0.2) is 24.3 Å². The molecule has 1 aliphatic rings. The van der Waals surface area contributed by atoms with Crippen molar-refractivity contribution in [3.63, 3.8) is 0 Å². The zero-order valence-corrected chi connectivity index (χ0v) is 12.2. The minimum Gasteiger partial charge on any atom is -0.382 e. The number of aliphatic hydroxyl groups excluding tert-OH is 1. The summed E-state index contributed by atoms with van der Waals surface area (Å²) in [4.78, 5) is 1.45. The van der Waals surface area contributed by atoms with Crippen LogP contribution in [0.1, 0.15) is 29.9 Å². The van der Waals surface area contributed by atoms with Gasteiger partial charge in [-0.05, 0) is 36.9 Å². The highest BCUT2D eigenvalue weighted by Gasteiger charge is 2.40. The number of hydrogen-bond donors (Lipinski definition) is 1. The molecule has 0 spiro atoms. The fourth-order valence-corrected chi connectivity index (χ4v) is 2.81. The number of aliphatic hydroxyl groups is 1. The molecule has 1 aromatic rings. The summed E-state index contributed by atoms with van der Waals surface area (Å²) in [6.07, 6.45) is -10.4. The summed E-state index contributed by atoms with van der Waals surface area (Å²) in [6.45, 7) is 0.0377. The van der Waals surface area contributed by atoms with E-state index in [-0.39, 0.29) is 12.5 Å². The predicted molar refractivity (Wildman–Crippen MR) is 71.9 cm³/mol. The molecule has 23 heavy (non-hydrogen) atoms. The van der Waals surface area contributed by atoms with E-state index >= 15 is 0 Å². The van der Waals surface area contributed by atoms with Crippen LogP contribution in [0.3, 0.4) is 0 Å². The van der Waals surface area contributed by atoms with E-state index in [2.05, 4.69) is 0 Å². The molecule has 2 atom stereocenters. The van der Waals surface area contributed by atoms with Gasteiger partial charge in [0, 0.05) is 13.1 Å². The SMILES string of the molecule is O[C@@H](CN1CCCC(c2cccc(C(F)(F)F)c2)C1)C(F)(F)F. The lowest BCUT2D eigenvalue weighted by Crippen LogP contribution is -2.44. The average Bonchev–Trinajstić information content (AvgIpc) is 2.46. The Morgan fingerprint density at radius 1 is 1.17 bits per heavy atom. The molecule has 130 valence electrons. The van der Waals surface area contributed by atoms with Crippen molar-refractivity contribution in [2.45, 2.75) is 37.2 Å². The first-order valence-electron chi connectivity index (χ1n) is 7.21. The van der Waals surface area contributed by atoms with Gasteiger partial charge in [-0.15, -0.1) is 0 Å². The van der Waals surface area contributed by atoms with Crippen molar-refractivity contribution in [2.75, 3.05) is 19.6 Å². The lowest BCUT2D eigenvalue weighted by Gasteiger charge is -2.34. The molecule has 0 aromatic heterocycles. The molecular formula is C15H17F6NO. The Labute approximate surface area is 129 Å². The molecule has 1 heterocycles. The maximum atomic E-state index is 12.7. The number of benzene rings is 1. The minimum atomic E-state index is -4.69. The smallest absolute Gasteiger partial charge is 0.382 e. The van der Waals surface area contributed by atoms with Crippen LogP contribution in [0, 0.1) is 0 Å². The van der Waals surface area contributed by atoms with E-state index < -0.39 is 30.6 Å². The molecule has 0 radical (unpaired) electrons. The highest BCUT2D eigenvalue weighted by atomic mass is 19.4. The summed E-state index contributed by atoms with van der Waals surface area (Å²) in [5, 5.41) is 9.13. The topological polar surface area (TPSA) is 23.5 Å². The van der Waals surface area contributed by atoms with Crippen LogP contribution in [0.2, 0.25) is 0 Å². The van der Waals surface area contributed by atoms with Gasteiger partial charge in [-0.25, -0.2) is 0 Å². The quantitative estimate of drug-likeness (QED) is 0.845. The molecular weight excluding hydrogens is 324 g/mol. The van der Waals surface area contributed by atoms with Gasteiger partial charge in [0.1, 0.15) is 0 Å². The fourth-order valence-electron chi connectivity index (χ4n) is 2.81. The van der Waals surface area contributed by atoms with Gasteiger partial charge >= 0.3 is 12.4 Å². The molecule has 1 saturated heterocycles. The number of piperidine rings is 1. The Morgan fingerprint density at radius 2 is 1.87 bits per heavy atom. The van der Waals surface area contributed by atoms with Crippen molar-refractivity contribution in [3.8, 4) is 0 Å². The van der Waals surface area contributed by atoms with Crippen molar-refractivity contribution >= 4 is 0 Å². The number of likely N-dealkylation sites (tertiary alicyclic amines) is 1. The first-order valence-corrected chi connectivity index (χ1v) is 7.21. The number of halogens is 6. The Hall–Kier alpha value is -1.28. The molecule has 0 saturated carbocycles.